The molecule has 0 saturated carbocycles. The van der Waals surface area contributed by atoms with Crippen molar-refractivity contribution >= 4 is 15.9 Å². The van der Waals surface area contributed by atoms with E-state index in [0.29, 0.717) is 0 Å². The lowest BCUT2D eigenvalue weighted by Crippen LogP contribution is -2.20. The molecule has 0 radical (unpaired) electrons. The molecule has 2 rings (SSSR count). The first-order chi connectivity index (χ1) is 8.65. The number of hydrogen-bond donors (Lipinski definition) is 2. The van der Waals surface area contributed by atoms with E-state index in [4.69, 9.17) is 0 Å². The summed E-state index contributed by atoms with van der Waals surface area (Å²) in [5, 5.41) is 6.19. The maximum absolute atomic E-state index is 12.3. The highest BCUT2D eigenvalue weighted by Crippen LogP contribution is 2.19. The highest BCUT2D eigenvalue weighted by molar-refractivity contribution is 9.10. The summed E-state index contributed by atoms with van der Waals surface area (Å²) in [6, 6.07) is 7.67. The Kier molecular flexibility index (Phi) is 4.04. The van der Waals surface area contributed by atoms with Crippen LogP contribution in [0.15, 0.2) is 33.5 Å². The van der Waals surface area contributed by atoms with E-state index in [2.05, 4.69) is 26.3 Å². The van der Waals surface area contributed by atoms with Crippen molar-refractivity contribution in [1.29, 1.82) is 0 Å². The van der Waals surface area contributed by atoms with Gasteiger partial charge in [0.05, 0.1) is 5.69 Å². The summed E-state index contributed by atoms with van der Waals surface area (Å²) in [7, 11) is 1.88. The summed E-state index contributed by atoms with van der Waals surface area (Å²) in [5.41, 5.74) is 2.61. The van der Waals surface area contributed by atoms with E-state index in [1.165, 1.54) is 0 Å². The molecule has 0 atom stereocenters. The molecule has 2 aromatic rings. The van der Waals surface area contributed by atoms with Gasteiger partial charge >= 0.3 is 0 Å². The number of aromatic amines is 1. The van der Waals surface area contributed by atoms with E-state index < -0.39 is 0 Å². The number of likely N-dealkylation sites (N-methyl/N-ethyl adjacent to an activating group) is 1. The number of aryl methyl sites for hydroxylation is 1. The van der Waals surface area contributed by atoms with Gasteiger partial charge in [0.15, 0.2) is 0 Å². The Morgan fingerprint density at radius 3 is 2.78 bits per heavy atom. The molecule has 1 aromatic heterocycles. The van der Waals surface area contributed by atoms with Crippen molar-refractivity contribution in [2.75, 3.05) is 13.6 Å². The first-order valence-corrected chi connectivity index (χ1v) is 6.64. The zero-order chi connectivity index (χ0) is 13.1. The van der Waals surface area contributed by atoms with Crippen LogP contribution in [0, 0.1) is 6.92 Å². The number of nitrogens with one attached hydrogen (secondary N) is 2. The van der Waals surface area contributed by atoms with Gasteiger partial charge in [-0.3, -0.25) is 9.89 Å². The summed E-state index contributed by atoms with van der Waals surface area (Å²) < 4.78 is 2.48. The Morgan fingerprint density at radius 2 is 2.11 bits per heavy atom. The molecule has 0 fully saturated rings. The van der Waals surface area contributed by atoms with E-state index in [1.54, 1.807) is 4.68 Å². The van der Waals surface area contributed by atoms with Crippen LogP contribution in [0.4, 0.5) is 0 Å². The molecule has 96 valence electrons. The molecule has 0 aliphatic heterocycles. The maximum atomic E-state index is 12.3. The summed E-state index contributed by atoms with van der Waals surface area (Å²) in [4.78, 5) is 12.3. The summed E-state index contributed by atoms with van der Waals surface area (Å²) >= 11 is 3.46. The van der Waals surface area contributed by atoms with Gasteiger partial charge in [0.25, 0.3) is 5.56 Å². The number of rotatable bonds is 4. The number of H-pyrrole nitrogens is 1. The average molecular weight is 310 g/mol. The normalized spacial score (nSPS) is 10.8. The third-order valence-corrected chi connectivity index (χ3v) is 3.58. The quantitative estimate of drug-likeness (QED) is 0.907. The summed E-state index contributed by atoms with van der Waals surface area (Å²) in [6.07, 6.45) is 0.731. The molecule has 0 aliphatic carbocycles. The van der Waals surface area contributed by atoms with Crippen molar-refractivity contribution < 1.29 is 0 Å². The van der Waals surface area contributed by atoms with Crippen LogP contribution in [-0.2, 0) is 6.42 Å². The van der Waals surface area contributed by atoms with Gasteiger partial charge < -0.3 is 5.32 Å². The second kappa shape index (κ2) is 5.54. The number of nitrogens with zero attached hydrogens (tertiary/aromatic N) is 1. The third-order valence-electron chi connectivity index (χ3n) is 2.91. The van der Waals surface area contributed by atoms with Gasteiger partial charge in [-0.25, -0.2) is 4.68 Å². The number of aromatic nitrogens is 2. The van der Waals surface area contributed by atoms with Crippen LogP contribution in [0.5, 0.6) is 0 Å². The fraction of sp³-hybridized carbons (Fsp3) is 0.308. The van der Waals surface area contributed by atoms with Gasteiger partial charge in [-0.1, -0.05) is 12.1 Å². The fourth-order valence-corrected chi connectivity index (χ4v) is 2.39. The highest BCUT2D eigenvalue weighted by Gasteiger charge is 2.13. The van der Waals surface area contributed by atoms with Gasteiger partial charge in [-0.2, -0.15) is 0 Å². The highest BCUT2D eigenvalue weighted by atomic mass is 79.9. The smallest absolute Gasteiger partial charge is 0.274 e. The molecule has 0 saturated heterocycles. The molecule has 4 nitrogen and oxygen atoms in total. The van der Waals surface area contributed by atoms with Crippen molar-refractivity contribution in [3.8, 4) is 5.69 Å². The SMILES string of the molecule is CNCCc1c(C)[nH]n(-c2ccccc2Br)c1=O. The van der Waals surface area contributed by atoms with Crippen LogP contribution in [0.2, 0.25) is 0 Å². The molecule has 5 heteroatoms. The van der Waals surface area contributed by atoms with Gasteiger partial charge in [-0.15, -0.1) is 0 Å². The maximum Gasteiger partial charge on any atom is 0.274 e. The Hall–Kier alpha value is -1.33. The second-order valence-electron chi connectivity index (χ2n) is 4.16. The van der Waals surface area contributed by atoms with E-state index in [0.717, 1.165) is 34.4 Å². The lowest BCUT2D eigenvalue weighted by atomic mass is 10.2. The second-order valence-corrected chi connectivity index (χ2v) is 5.02. The largest absolute Gasteiger partial charge is 0.319 e. The van der Waals surface area contributed by atoms with Gasteiger partial charge in [0.1, 0.15) is 0 Å². The molecule has 0 unspecified atom stereocenters. The number of para-hydroxylation sites is 1. The average Bonchev–Trinajstić information content (AvgIpc) is 2.63. The Bertz CT molecular complexity index is 601. The van der Waals surface area contributed by atoms with Crippen molar-refractivity contribution in [1.82, 2.24) is 15.1 Å². The predicted molar refractivity (Wildman–Crippen MR) is 76.5 cm³/mol. The number of halogens is 1. The fourth-order valence-electron chi connectivity index (χ4n) is 1.93. The van der Waals surface area contributed by atoms with Gasteiger partial charge in [-0.05, 0) is 55.0 Å². The summed E-state index contributed by atoms with van der Waals surface area (Å²) in [5.74, 6) is 0. The van der Waals surface area contributed by atoms with E-state index >= 15 is 0 Å². The minimum atomic E-state index is 0.0228. The number of benzene rings is 1. The predicted octanol–water partition coefficient (Wildman–Crippen LogP) is 2.00. The van der Waals surface area contributed by atoms with Crippen LogP contribution in [0.1, 0.15) is 11.3 Å². The Labute approximate surface area is 114 Å². The van der Waals surface area contributed by atoms with Crippen molar-refractivity contribution in [2.24, 2.45) is 0 Å². The van der Waals surface area contributed by atoms with E-state index in [1.807, 2.05) is 38.2 Å². The molecule has 0 aliphatic rings. The van der Waals surface area contributed by atoms with Crippen molar-refractivity contribution in [2.45, 2.75) is 13.3 Å². The zero-order valence-electron chi connectivity index (χ0n) is 10.5. The monoisotopic (exact) mass is 309 g/mol. The number of hydrogen-bond acceptors (Lipinski definition) is 2. The lowest BCUT2D eigenvalue weighted by molar-refractivity contribution is 0.783. The molecule has 1 heterocycles. The Morgan fingerprint density at radius 1 is 1.39 bits per heavy atom. The molecule has 0 bridgehead atoms. The summed E-state index contributed by atoms with van der Waals surface area (Å²) in [6.45, 7) is 2.73. The molecule has 0 amide bonds. The topological polar surface area (TPSA) is 49.8 Å². The van der Waals surface area contributed by atoms with Gasteiger partial charge in [0, 0.05) is 15.7 Å². The first-order valence-electron chi connectivity index (χ1n) is 5.85. The van der Waals surface area contributed by atoms with Crippen LogP contribution < -0.4 is 10.9 Å². The van der Waals surface area contributed by atoms with E-state index in [9.17, 15) is 4.79 Å². The molecule has 18 heavy (non-hydrogen) atoms. The first kappa shape index (κ1) is 13.1. The van der Waals surface area contributed by atoms with Crippen molar-refractivity contribution in [3.63, 3.8) is 0 Å². The van der Waals surface area contributed by atoms with Crippen LogP contribution >= 0.6 is 15.9 Å². The molecule has 2 N–H and O–H groups in total. The lowest BCUT2D eigenvalue weighted by Gasteiger charge is -2.03. The molecular formula is C13H16BrN3O. The zero-order valence-corrected chi connectivity index (χ0v) is 12.0. The van der Waals surface area contributed by atoms with Crippen LogP contribution in [0.3, 0.4) is 0 Å². The van der Waals surface area contributed by atoms with Crippen LogP contribution in [0.25, 0.3) is 5.69 Å². The molecular weight excluding hydrogens is 294 g/mol. The third kappa shape index (κ3) is 2.42. The van der Waals surface area contributed by atoms with Crippen molar-refractivity contribution in [3.05, 3.63) is 50.3 Å². The van der Waals surface area contributed by atoms with Gasteiger partial charge in [0.2, 0.25) is 0 Å². The minimum absolute atomic E-state index is 0.0228. The minimum Gasteiger partial charge on any atom is -0.319 e. The standard InChI is InChI=1S/C13H16BrN3O/c1-9-10(7-8-15-2)13(18)17(16-9)12-6-4-3-5-11(12)14/h3-6,15-16H,7-8H2,1-2H3. The Balaban J connectivity index is 2.48. The molecule has 1 aromatic carbocycles. The van der Waals surface area contributed by atoms with E-state index in [-0.39, 0.29) is 5.56 Å². The van der Waals surface area contributed by atoms with Crippen LogP contribution in [-0.4, -0.2) is 23.4 Å². The molecule has 0 spiro atoms.